The Morgan fingerprint density at radius 3 is 2.36 bits per heavy atom. The van der Waals surface area contributed by atoms with E-state index >= 15 is 8.78 Å². The molecule has 2 N–H and O–H groups in total. The van der Waals surface area contributed by atoms with Crippen molar-refractivity contribution in [3.8, 4) is 6.07 Å². The lowest BCUT2D eigenvalue weighted by Crippen LogP contribution is -2.52. The van der Waals surface area contributed by atoms with E-state index < -0.39 is 41.0 Å². The van der Waals surface area contributed by atoms with Crippen LogP contribution in [0.5, 0.6) is 0 Å². The zero-order valence-electron chi connectivity index (χ0n) is 25.4. The van der Waals surface area contributed by atoms with Gasteiger partial charge in [0.1, 0.15) is 17.0 Å². The standard InChI is InChI=1S/C35H36Cl2F2N4O2/c1-34(2,3)19-28-35(20-40,25-13-12-22(36)18-27(25)38)29(24-10-7-11-26(37)30(24)39)31(42-28)32(44)41-23-14-16-43(17-15-23)33(45)21-8-5-4-6-9-21/h4-13,18,23,28-29,31,42H,14-17,19H2,1-3H3,(H,41,44)/t28-,29-,31+,35-/m0/s1. The molecule has 0 aliphatic carbocycles. The van der Waals surface area contributed by atoms with E-state index in [1.807, 2.05) is 39.0 Å². The minimum Gasteiger partial charge on any atom is -0.352 e. The van der Waals surface area contributed by atoms with Crippen molar-refractivity contribution in [3.05, 3.63) is 105 Å². The van der Waals surface area contributed by atoms with Crippen LogP contribution in [0.4, 0.5) is 8.78 Å². The van der Waals surface area contributed by atoms with Gasteiger partial charge in [-0.25, -0.2) is 8.78 Å². The van der Waals surface area contributed by atoms with Gasteiger partial charge in [-0.3, -0.25) is 9.59 Å². The van der Waals surface area contributed by atoms with Gasteiger partial charge in [0, 0.05) is 47.2 Å². The van der Waals surface area contributed by atoms with Crippen LogP contribution in [0.2, 0.25) is 10.0 Å². The monoisotopic (exact) mass is 652 g/mol. The van der Waals surface area contributed by atoms with E-state index in [4.69, 9.17) is 23.2 Å². The minimum absolute atomic E-state index is 0.0311. The smallest absolute Gasteiger partial charge is 0.253 e. The fourth-order valence-corrected chi connectivity index (χ4v) is 7.18. The van der Waals surface area contributed by atoms with Gasteiger partial charge in [0.25, 0.3) is 5.91 Å². The summed E-state index contributed by atoms with van der Waals surface area (Å²) in [4.78, 5) is 28.9. The Labute approximate surface area is 272 Å². The number of piperidine rings is 1. The van der Waals surface area contributed by atoms with E-state index in [0.29, 0.717) is 37.9 Å². The molecule has 0 aromatic heterocycles. The average molecular weight is 654 g/mol. The number of rotatable bonds is 6. The molecule has 0 bridgehead atoms. The normalized spacial score (nSPS) is 23.9. The molecule has 2 saturated heterocycles. The van der Waals surface area contributed by atoms with E-state index in [0.717, 1.165) is 6.07 Å². The summed E-state index contributed by atoms with van der Waals surface area (Å²) in [7, 11) is 0. The summed E-state index contributed by atoms with van der Waals surface area (Å²) < 4.78 is 31.7. The molecule has 3 aromatic carbocycles. The Morgan fingerprint density at radius 2 is 1.73 bits per heavy atom. The minimum atomic E-state index is -1.69. The van der Waals surface area contributed by atoms with Crippen LogP contribution in [0.25, 0.3) is 0 Å². The number of carbonyl (C=O) groups excluding carboxylic acids is 2. The van der Waals surface area contributed by atoms with Crippen LogP contribution in [0.15, 0.2) is 66.7 Å². The lowest BCUT2D eigenvalue weighted by Gasteiger charge is -2.37. The van der Waals surface area contributed by atoms with Crippen LogP contribution in [0.3, 0.4) is 0 Å². The molecule has 236 valence electrons. The van der Waals surface area contributed by atoms with Gasteiger partial charge in [0.15, 0.2) is 0 Å². The molecule has 2 aliphatic rings. The molecule has 0 spiro atoms. The molecule has 3 aromatic rings. The third-order valence-corrected chi connectivity index (χ3v) is 9.41. The van der Waals surface area contributed by atoms with Crippen LogP contribution >= 0.6 is 23.2 Å². The summed E-state index contributed by atoms with van der Waals surface area (Å²) in [5.41, 5.74) is -1.35. The zero-order chi connectivity index (χ0) is 32.5. The van der Waals surface area contributed by atoms with Gasteiger partial charge in [-0.2, -0.15) is 5.26 Å². The number of hydrogen-bond acceptors (Lipinski definition) is 4. The van der Waals surface area contributed by atoms with Gasteiger partial charge in [0.05, 0.1) is 17.1 Å². The molecule has 2 heterocycles. The van der Waals surface area contributed by atoms with Crippen LogP contribution in [-0.4, -0.2) is 47.9 Å². The maximum Gasteiger partial charge on any atom is 0.253 e. The first-order valence-electron chi connectivity index (χ1n) is 15.1. The molecule has 0 saturated carbocycles. The number of nitrogens with one attached hydrogen (secondary N) is 2. The highest BCUT2D eigenvalue weighted by molar-refractivity contribution is 6.31. The summed E-state index contributed by atoms with van der Waals surface area (Å²) >= 11 is 12.3. The average Bonchev–Trinajstić information content (AvgIpc) is 3.32. The van der Waals surface area contributed by atoms with Crippen molar-refractivity contribution in [1.82, 2.24) is 15.5 Å². The quantitative estimate of drug-likeness (QED) is 0.300. The summed E-state index contributed by atoms with van der Waals surface area (Å²) in [5.74, 6) is -3.11. The van der Waals surface area contributed by atoms with Crippen molar-refractivity contribution in [1.29, 1.82) is 5.26 Å². The Balaban J connectivity index is 1.50. The second kappa shape index (κ2) is 13.1. The lowest BCUT2D eigenvalue weighted by molar-refractivity contribution is -0.124. The molecule has 2 amide bonds. The van der Waals surface area contributed by atoms with E-state index in [-0.39, 0.29) is 38.5 Å². The summed E-state index contributed by atoms with van der Waals surface area (Å²) in [6.07, 6.45) is 1.42. The fraction of sp³-hybridized carbons (Fsp3) is 0.400. The first kappa shape index (κ1) is 32.9. The van der Waals surface area contributed by atoms with Crippen LogP contribution in [0.1, 0.15) is 67.4 Å². The van der Waals surface area contributed by atoms with Gasteiger partial charge >= 0.3 is 0 Å². The van der Waals surface area contributed by atoms with Gasteiger partial charge in [-0.05, 0) is 60.6 Å². The number of nitrogens with zero attached hydrogens (tertiary/aromatic N) is 2. The van der Waals surface area contributed by atoms with Gasteiger partial charge in [0.2, 0.25) is 5.91 Å². The molecule has 2 fully saturated rings. The second-order valence-corrected chi connectivity index (χ2v) is 14.0. The molecule has 6 nitrogen and oxygen atoms in total. The highest BCUT2D eigenvalue weighted by Crippen LogP contribution is 2.52. The SMILES string of the molecule is CC(C)(C)C[C@@H]1N[C@@H](C(=O)NC2CCN(C(=O)c3ccccc3)CC2)[C@H](c2cccc(Cl)c2F)[C@@]1(C#N)c1ccc(Cl)cc1F. The number of likely N-dealkylation sites (tertiary alicyclic amines) is 1. The largest absolute Gasteiger partial charge is 0.352 e. The van der Waals surface area contributed by atoms with Gasteiger partial charge in [-0.15, -0.1) is 0 Å². The van der Waals surface area contributed by atoms with Crippen molar-refractivity contribution in [2.75, 3.05) is 13.1 Å². The first-order valence-corrected chi connectivity index (χ1v) is 15.8. The van der Waals surface area contributed by atoms with E-state index in [9.17, 15) is 14.9 Å². The number of benzene rings is 3. The van der Waals surface area contributed by atoms with Crippen LogP contribution in [0, 0.1) is 28.4 Å². The topological polar surface area (TPSA) is 85.2 Å². The van der Waals surface area contributed by atoms with E-state index in [1.54, 1.807) is 23.1 Å². The molecular weight excluding hydrogens is 617 g/mol. The highest BCUT2D eigenvalue weighted by atomic mass is 35.5. The lowest BCUT2D eigenvalue weighted by atomic mass is 9.62. The number of hydrogen-bond donors (Lipinski definition) is 2. The molecule has 5 rings (SSSR count). The van der Waals surface area contributed by atoms with Crippen LogP contribution in [-0.2, 0) is 10.2 Å². The number of nitriles is 1. The third kappa shape index (κ3) is 6.58. The summed E-state index contributed by atoms with van der Waals surface area (Å²) in [6, 6.07) is 17.9. The van der Waals surface area contributed by atoms with Crippen molar-refractivity contribution >= 4 is 35.0 Å². The Kier molecular flexibility index (Phi) is 9.55. The number of amides is 2. The predicted molar refractivity (Wildman–Crippen MR) is 171 cm³/mol. The molecule has 0 unspecified atom stereocenters. The Morgan fingerprint density at radius 1 is 1.04 bits per heavy atom. The van der Waals surface area contributed by atoms with E-state index in [2.05, 4.69) is 16.7 Å². The molecule has 10 heteroatoms. The van der Waals surface area contributed by atoms with Crippen molar-refractivity contribution in [3.63, 3.8) is 0 Å². The zero-order valence-corrected chi connectivity index (χ0v) is 26.9. The molecule has 2 aliphatic heterocycles. The molecule has 45 heavy (non-hydrogen) atoms. The Hall–Kier alpha value is -3.51. The van der Waals surface area contributed by atoms with Crippen molar-refractivity contribution in [2.24, 2.45) is 5.41 Å². The molecular formula is C35H36Cl2F2N4O2. The summed E-state index contributed by atoms with van der Waals surface area (Å²) in [5, 5.41) is 17.4. The molecule has 0 radical (unpaired) electrons. The number of halogens is 4. The predicted octanol–water partition coefficient (Wildman–Crippen LogP) is 7.01. The summed E-state index contributed by atoms with van der Waals surface area (Å²) in [6.45, 7) is 6.87. The maximum absolute atomic E-state index is 15.9. The Bertz CT molecular complexity index is 1620. The van der Waals surface area contributed by atoms with Crippen molar-refractivity contribution < 1.29 is 18.4 Å². The third-order valence-electron chi connectivity index (χ3n) is 8.88. The first-order chi connectivity index (χ1) is 21.4. The highest BCUT2D eigenvalue weighted by Gasteiger charge is 2.61. The number of carbonyl (C=O) groups is 2. The van der Waals surface area contributed by atoms with E-state index in [1.165, 1.54) is 24.3 Å². The van der Waals surface area contributed by atoms with Gasteiger partial charge < -0.3 is 15.5 Å². The molecule has 4 atom stereocenters. The van der Waals surface area contributed by atoms with Crippen LogP contribution < -0.4 is 10.6 Å². The fourth-order valence-electron chi connectivity index (χ4n) is 6.84. The maximum atomic E-state index is 15.9. The van der Waals surface area contributed by atoms with Crippen molar-refractivity contribution in [2.45, 2.75) is 69.5 Å². The second-order valence-electron chi connectivity index (χ2n) is 13.1. The van der Waals surface area contributed by atoms with Gasteiger partial charge in [-0.1, -0.05) is 80.4 Å².